The van der Waals surface area contributed by atoms with Crippen LogP contribution >= 0.6 is 0 Å². The maximum absolute atomic E-state index is 13.3. The van der Waals surface area contributed by atoms with Gasteiger partial charge in [0.25, 0.3) is 0 Å². The summed E-state index contributed by atoms with van der Waals surface area (Å²) in [6, 6.07) is 0. The fourth-order valence-electron chi connectivity index (χ4n) is 3.19. The second-order valence-corrected chi connectivity index (χ2v) is 8.94. The van der Waals surface area contributed by atoms with E-state index in [0.29, 0.717) is 34.0 Å². The average Bonchev–Trinajstić information content (AvgIpc) is 2.62. The smallest absolute Gasteiger partial charge is 0.399 e. The molecule has 25 heavy (non-hydrogen) atoms. The Kier molecular flexibility index (Phi) is 4.96. The molecule has 0 aromatic heterocycles. The fraction of sp³-hybridized carbons (Fsp3) is 0.588. The van der Waals surface area contributed by atoms with Gasteiger partial charge in [-0.3, -0.25) is 4.79 Å². The molecule has 0 bridgehead atoms. The van der Waals surface area contributed by atoms with Crippen molar-refractivity contribution < 1.29 is 26.4 Å². The van der Waals surface area contributed by atoms with Gasteiger partial charge in [0.15, 0.2) is 6.29 Å². The number of carbonyl (C=O) groups excluding carboxylic acids is 1. The van der Waals surface area contributed by atoms with Gasteiger partial charge in [0.2, 0.25) is 0 Å². The third-order valence-corrected chi connectivity index (χ3v) is 6.08. The molecule has 0 atom stereocenters. The molecule has 1 aromatic carbocycles. The summed E-state index contributed by atoms with van der Waals surface area (Å²) in [5.74, 6) is -0.779. The molecule has 1 fully saturated rings. The summed E-state index contributed by atoms with van der Waals surface area (Å²) >= 11 is 0. The average molecular weight is 370 g/mol. The van der Waals surface area contributed by atoms with Crippen LogP contribution in [0.5, 0.6) is 0 Å². The predicted octanol–water partition coefficient (Wildman–Crippen LogP) is 2.52. The van der Waals surface area contributed by atoms with E-state index < -0.39 is 34.3 Å². The van der Waals surface area contributed by atoms with Crippen LogP contribution in [0.15, 0.2) is 0 Å². The standard InChI is InChI=1S/C17H24BFO5S/c1-10-13(8-20)11(2)15(12(3)14(10)9-25(19,21)22)18-23-16(4,5)17(6,7)24-18/h8H,9H2,1-7H3. The normalized spacial score (nSPS) is 19.3. The Bertz CT molecular complexity index is 814. The minimum absolute atomic E-state index is 0.278. The first-order valence-electron chi connectivity index (χ1n) is 8.07. The van der Waals surface area contributed by atoms with Crippen molar-refractivity contribution in [1.82, 2.24) is 0 Å². The van der Waals surface area contributed by atoms with Gasteiger partial charge in [0, 0.05) is 5.56 Å². The molecule has 5 nitrogen and oxygen atoms in total. The molecule has 0 saturated carbocycles. The monoisotopic (exact) mass is 370 g/mol. The molecule has 0 spiro atoms. The Morgan fingerprint density at radius 3 is 1.88 bits per heavy atom. The molecular weight excluding hydrogens is 346 g/mol. The number of halogens is 1. The summed E-state index contributed by atoms with van der Waals surface area (Å²) in [4.78, 5) is 11.6. The number of benzene rings is 1. The molecule has 0 N–H and O–H groups in total. The summed E-state index contributed by atoms with van der Waals surface area (Å²) in [5, 5.41) is 0. The molecule has 8 heteroatoms. The van der Waals surface area contributed by atoms with Gasteiger partial charge in [-0.15, -0.1) is 3.89 Å². The number of hydrogen-bond donors (Lipinski definition) is 0. The molecule has 1 saturated heterocycles. The van der Waals surface area contributed by atoms with Crippen LogP contribution in [-0.4, -0.2) is 33.0 Å². The van der Waals surface area contributed by atoms with Gasteiger partial charge in [-0.25, -0.2) is 0 Å². The van der Waals surface area contributed by atoms with E-state index in [0.717, 1.165) is 0 Å². The second-order valence-electron chi connectivity index (χ2n) is 7.57. The van der Waals surface area contributed by atoms with Crippen LogP contribution in [-0.2, 0) is 25.3 Å². The third-order valence-electron chi connectivity index (χ3n) is 5.44. The van der Waals surface area contributed by atoms with E-state index in [9.17, 15) is 17.1 Å². The van der Waals surface area contributed by atoms with Crippen LogP contribution in [0.25, 0.3) is 0 Å². The van der Waals surface area contributed by atoms with Gasteiger partial charge in [0.1, 0.15) is 5.75 Å². The molecule has 138 valence electrons. The SMILES string of the molecule is Cc1c(C=O)c(C)c(B2OC(C)(C)C(C)(C)O2)c(C)c1CS(=O)(=O)F. The van der Waals surface area contributed by atoms with Crippen molar-refractivity contribution in [3.8, 4) is 0 Å². The van der Waals surface area contributed by atoms with Gasteiger partial charge >= 0.3 is 17.3 Å². The van der Waals surface area contributed by atoms with Crippen LogP contribution in [0.3, 0.4) is 0 Å². The van der Waals surface area contributed by atoms with Crippen molar-refractivity contribution >= 4 is 29.1 Å². The van der Waals surface area contributed by atoms with E-state index in [2.05, 4.69) is 0 Å². The highest BCUT2D eigenvalue weighted by atomic mass is 32.3. The Hall–Kier alpha value is -1.25. The van der Waals surface area contributed by atoms with E-state index >= 15 is 0 Å². The van der Waals surface area contributed by atoms with Crippen molar-refractivity contribution in [2.75, 3.05) is 0 Å². The number of rotatable bonds is 4. The molecule has 1 heterocycles. The highest BCUT2D eigenvalue weighted by molar-refractivity contribution is 7.85. The third kappa shape index (κ3) is 3.52. The zero-order chi connectivity index (χ0) is 19.4. The summed E-state index contributed by atoms with van der Waals surface area (Å²) < 4.78 is 47.9. The zero-order valence-corrected chi connectivity index (χ0v) is 16.5. The van der Waals surface area contributed by atoms with Crippen molar-refractivity contribution in [3.05, 3.63) is 27.8 Å². The first kappa shape index (κ1) is 20.1. The van der Waals surface area contributed by atoms with Gasteiger partial charge in [-0.1, -0.05) is 0 Å². The van der Waals surface area contributed by atoms with Crippen molar-refractivity contribution in [2.45, 2.75) is 65.4 Å². The fourth-order valence-corrected chi connectivity index (χ4v) is 3.97. The maximum Gasteiger partial charge on any atom is 0.495 e. The molecular formula is C17H24BFO5S. The maximum atomic E-state index is 13.3. The summed E-state index contributed by atoms with van der Waals surface area (Å²) in [6.07, 6.45) is 0.660. The Morgan fingerprint density at radius 1 is 1.00 bits per heavy atom. The highest BCUT2D eigenvalue weighted by Crippen LogP contribution is 2.37. The van der Waals surface area contributed by atoms with Gasteiger partial charge in [-0.2, -0.15) is 8.42 Å². The molecule has 1 aliphatic heterocycles. The first-order chi connectivity index (χ1) is 11.2. The molecule has 0 amide bonds. The molecule has 2 rings (SSSR count). The minimum Gasteiger partial charge on any atom is -0.399 e. The zero-order valence-electron chi connectivity index (χ0n) is 15.7. The van der Waals surface area contributed by atoms with Crippen molar-refractivity contribution in [3.63, 3.8) is 0 Å². The summed E-state index contributed by atoms with van der Waals surface area (Å²) in [7, 11) is -5.50. The lowest BCUT2D eigenvalue weighted by Gasteiger charge is -2.32. The lowest BCUT2D eigenvalue weighted by Crippen LogP contribution is -2.41. The van der Waals surface area contributed by atoms with E-state index in [-0.39, 0.29) is 5.56 Å². The van der Waals surface area contributed by atoms with E-state index in [1.165, 1.54) is 0 Å². The first-order valence-corrected chi connectivity index (χ1v) is 9.63. The molecule has 0 radical (unpaired) electrons. The Morgan fingerprint density at radius 2 is 1.48 bits per heavy atom. The lowest BCUT2D eigenvalue weighted by atomic mass is 9.70. The Balaban J connectivity index is 2.71. The van der Waals surface area contributed by atoms with Gasteiger partial charge in [0.05, 0.1) is 11.2 Å². The van der Waals surface area contributed by atoms with E-state index in [1.807, 2.05) is 27.7 Å². The van der Waals surface area contributed by atoms with E-state index in [1.54, 1.807) is 20.8 Å². The highest BCUT2D eigenvalue weighted by Gasteiger charge is 2.52. The van der Waals surface area contributed by atoms with Gasteiger partial charge < -0.3 is 9.31 Å². The summed E-state index contributed by atoms with van der Waals surface area (Å²) in [5.41, 5.74) is 1.72. The van der Waals surface area contributed by atoms with Crippen LogP contribution in [0.2, 0.25) is 0 Å². The largest absolute Gasteiger partial charge is 0.495 e. The summed E-state index contributed by atoms with van der Waals surface area (Å²) in [6.45, 7) is 12.7. The molecule has 1 aliphatic rings. The number of carbonyl (C=O) groups is 1. The second kappa shape index (κ2) is 6.18. The molecule has 1 aromatic rings. The van der Waals surface area contributed by atoms with Crippen LogP contribution in [0, 0.1) is 20.8 Å². The van der Waals surface area contributed by atoms with Crippen LogP contribution in [0.1, 0.15) is 60.3 Å². The van der Waals surface area contributed by atoms with Crippen molar-refractivity contribution in [1.29, 1.82) is 0 Å². The topological polar surface area (TPSA) is 69.7 Å². The number of hydrogen-bond acceptors (Lipinski definition) is 5. The minimum atomic E-state index is -4.74. The van der Waals surface area contributed by atoms with Crippen molar-refractivity contribution in [2.24, 2.45) is 0 Å². The lowest BCUT2D eigenvalue weighted by molar-refractivity contribution is 0.00578. The predicted molar refractivity (Wildman–Crippen MR) is 95.5 cm³/mol. The quantitative estimate of drug-likeness (QED) is 0.463. The molecule has 0 aliphatic carbocycles. The Labute approximate surface area is 149 Å². The molecule has 0 unspecified atom stereocenters. The van der Waals surface area contributed by atoms with Crippen LogP contribution < -0.4 is 5.46 Å². The van der Waals surface area contributed by atoms with E-state index in [4.69, 9.17) is 9.31 Å². The van der Waals surface area contributed by atoms with Crippen LogP contribution in [0.4, 0.5) is 3.89 Å². The van der Waals surface area contributed by atoms with Gasteiger partial charge in [-0.05, 0) is 76.2 Å². The number of aldehydes is 1.